The van der Waals surface area contributed by atoms with E-state index in [0.29, 0.717) is 17.9 Å². The molecule has 1 aromatic rings. The van der Waals surface area contributed by atoms with E-state index in [9.17, 15) is 4.39 Å². The summed E-state index contributed by atoms with van der Waals surface area (Å²) in [6, 6.07) is 4.33. The van der Waals surface area contributed by atoms with Crippen LogP contribution in [-0.4, -0.2) is 25.2 Å². The second kappa shape index (κ2) is 7.37. The molecule has 1 unspecified atom stereocenters. The number of hydrogen-bond acceptors (Lipinski definition) is 2. The fraction of sp³-hybridized carbons (Fsp3) is 0.467. The minimum absolute atomic E-state index is 0.243. The van der Waals surface area contributed by atoms with Crippen LogP contribution in [0, 0.1) is 17.7 Å². The van der Waals surface area contributed by atoms with Gasteiger partial charge in [0.05, 0.1) is 24.2 Å². The van der Waals surface area contributed by atoms with E-state index < -0.39 is 0 Å². The van der Waals surface area contributed by atoms with Gasteiger partial charge < -0.3 is 9.47 Å². The number of ether oxygens (including phenoxy) is 2. The molecule has 0 radical (unpaired) electrons. The molecule has 1 heterocycles. The Morgan fingerprint density at radius 2 is 2.37 bits per heavy atom. The molecule has 1 aromatic carbocycles. The summed E-state index contributed by atoms with van der Waals surface area (Å²) in [5.74, 6) is 5.99. The zero-order valence-electron chi connectivity index (χ0n) is 10.6. The predicted octanol–water partition coefficient (Wildman–Crippen LogP) is 3.36. The van der Waals surface area contributed by atoms with Crippen LogP contribution in [-0.2, 0) is 4.74 Å². The molecule has 2 rings (SSSR count). The van der Waals surface area contributed by atoms with Crippen LogP contribution in [0.4, 0.5) is 4.39 Å². The standard InChI is InChI=1S/C15H16ClFO2/c16-8-1-3-12-5-6-13(17)11-15(12)19-10-7-14-4-2-9-18-14/h5-6,11,14H,2,4,7-10H2. The Hall–Kier alpha value is -1.24. The van der Waals surface area contributed by atoms with Crippen molar-refractivity contribution in [2.45, 2.75) is 25.4 Å². The molecule has 4 heteroatoms. The molecule has 1 aliphatic heterocycles. The lowest BCUT2D eigenvalue weighted by Crippen LogP contribution is -2.11. The second-order valence-corrected chi connectivity index (χ2v) is 4.62. The van der Waals surface area contributed by atoms with Gasteiger partial charge >= 0.3 is 0 Å². The summed E-state index contributed by atoms with van der Waals surface area (Å²) in [6.07, 6.45) is 3.27. The minimum Gasteiger partial charge on any atom is -0.492 e. The van der Waals surface area contributed by atoms with Crippen LogP contribution < -0.4 is 4.74 Å². The fourth-order valence-electron chi connectivity index (χ4n) is 2.02. The summed E-state index contributed by atoms with van der Waals surface area (Å²) in [5, 5.41) is 0. The molecule has 0 N–H and O–H groups in total. The van der Waals surface area contributed by atoms with E-state index in [0.717, 1.165) is 25.9 Å². The van der Waals surface area contributed by atoms with Gasteiger partial charge in [-0.2, -0.15) is 0 Å². The summed E-state index contributed by atoms with van der Waals surface area (Å²) in [4.78, 5) is 0. The first-order valence-electron chi connectivity index (χ1n) is 6.38. The van der Waals surface area contributed by atoms with Crippen molar-refractivity contribution in [1.29, 1.82) is 0 Å². The van der Waals surface area contributed by atoms with E-state index in [1.165, 1.54) is 12.1 Å². The minimum atomic E-state index is -0.330. The van der Waals surface area contributed by atoms with E-state index in [1.807, 2.05) is 0 Å². The molecular weight excluding hydrogens is 267 g/mol. The topological polar surface area (TPSA) is 18.5 Å². The maximum Gasteiger partial charge on any atom is 0.137 e. The molecule has 0 amide bonds. The number of rotatable bonds is 4. The Kier molecular flexibility index (Phi) is 5.50. The number of hydrogen-bond donors (Lipinski definition) is 0. The molecule has 19 heavy (non-hydrogen) atoms. The number of benzene rings is 1. The monoisotopic (exact) mass is 282 g/mol. The first-order chi connectivity index (χ1) is 9.29. The summed E-state index contributed by atoms with van der Waals surface area (Å²) in [7, 11) is 0. The normalized spacial score (nSPS) is 17.9. The van der Waals surface area contributed by atoms with Crippen LogP contribution in [0.25, 0.3) is 0 Å². The average molecular weight is 283 g/mol. The molecule has 0 spiro atoms. The summed E-state index contributed by atoms with van der Waals surface area (Å²) in [6.45, 7) is 1.33. The van der Waals surface area contributed by atoms with Crippen molar-refractivity contribution >= 4 is 11.6 Å². The SMILES string of the molecule is Fc1ccc(C#CCCl)c(OCCC2CCCO2)c1. The Balaban J connectivity index is 1.95. The van der Waals surface area contributed by atoms with Gasteiger partial charge in [-0.05, 0) is 25.0 Å². The van der Waals surface area contributed by atoms with Gasteiger partial charge in [-0.1, -0.05) is 11.8 Å². The molecule has 102 valence electrons. The molecule has 0 saturated carbocycles. The van der Waals surface area contributed by atoms with Gasteiger partial charge in [0.15, 0.2) is 0 Å². The van der Waals surface area contributed by atoms with Gasteiger partial charge in [-0.3, -0.25) is 0 Å². The van der Waals surface area contributed by atoms with Gasteiger partial charge in [0.25, 0.3) is 0 Å². The maximum absolute atomic E-state index is 13.2. The Morgan fingerprint density at radius 3 is 3.11 bits per heavy atom. The number of alkyl halides is 1. The van der Waals surface area contributed by atoms with Crippen LogP contribution in [0.2, 0.25) is 0 Å². The highest BCUT2D eigenvalue weighted by molar-refractivity contribution is 6.19. The lowest BCUT2D eigenvalue weighted by atomic mass is 10.2. The third kappa shape index (κ3) is 4.41. The predicted molar refractivity (Wildman–Crippen MR) is 73.1 cm³/mol. The van der Waals surface area contributed by atoms with Crippen molar-refractivity contribution in [2.75, 3.05) is 19.1 Å². The van der Waals surface area contributed by atoms with Crippen LogP contribution in [0.5, 0.6) is 5.75 Å². The van der Waals surface area contributed by atoms with Gasteiger partial charge in [0.2, 0.25) is 0 Å². The largest absolute Gasteiger partial charge is 0.492 e. The Morgan fingerprint density at radius 1 is 1.47 bits per heavy atom. The third-order valence-corrected chi connectivity index (χ3v) is 3.09. The van der Waals surface area contributed by atoms with Crippen molar-refractivity contribution < 1.29 is 13.9 Å². The molecule has 1 saturated heterocycles. The molecule has 1 aliphatic rings. The highest BCUT2D eigenvalue weighted by Crippen LogP contribution is 2.21. The maximum atomic E-state index is 13.2. The van der Waals surface area contributed by atoms with E-state index in [4.69, 9.17) is 21.1 Å². The van der Waals surface area contributed by atoms with Gasteiger partial charge in [-0.25, -0.2) is 4.39 Å². The lowest BCUT2D eigenvalue weighted by molar-refractivity contribution is 0.0903. The van der Waals surface area contributed by atoms with Gasteiger partial charge in [0, 0.05) is 19.1 Å². The van der Waals surface area contributed by atoms with Gasteiger partial charge in [-0.15, -0.1) is 11.6 Å². The molecular formula is C15H16ClFO2. The smallest absolute Gasteiger partial charge is 0.137 e. The molecule has 0 aliphatic carbocycles. The van der Waals surface area contributed by atoms with Crippen molar-refractivity contribution in [2.24, 2.45) is 0 Å². The van der Waals surface area contributed by atoms with E-state index >= 15 is 0 Å². The van der Waals surface area contributed by atoms with Crippen molar-refractivity contribution in [3.05, 3.63) is 29.6 Å². The molecule has 1 atom stereocenters. The number of halogens is 2. The zero-order valence-corrected chi connectivity index (χ0v) is 11.4. The van der Waals surface area contributed by atoms with E-state index in [1.54, 1.807) is 6.07 Å². The fourth-order valence-corrected chi connectivity index (χ4v) is 2.09. The lowest BCUT2D eigenvalue weighted by Gasteiger charge is -2.11. The third-order valence-electron chi connectivity index (χ3n) is 2.95. The van der Waals surface area contributed by atoms with E-state index in [-0.39, 0.29) is 17.8 Å². The first kappa shape index (κ1) is 14.2. The Labute approximate surface area is 117 Å². The van der Waals surface area contributed by atoms with Crippen molar-refractivity contribution in [1.82, 2.24) is 0 Å². The van der Waals surface area contributed by atoms with Crippen LogP contribution >= 0.6 is 11.6 Å². The van der Waals surface area contributed by atoms with Crippen LogP contribution in [0.15, 0.2) is 18.2 Å². The second-order valence-electron chi connectivity index (χ2n) is 4.35. The van der Waals surface area contributed by atoms with Crippen molar-refractivity contribution in [3.8, 4) is 17.6 Å². The molecule has 0 bridgehead atoms. The summed E-state index contributed by atoms with van der Waals surface area (Å²) >= 11 is 5.52. The summed E-state index contributed by atoms with van der Waals surface area (Å²) < 4.78 is 24.3. The average Bonchev–Trinajstić information content (AvgIpc) is 2.91. The molecule has 2 nitrogen and oxygen atoms in total. The van der Waals surface area contributed by atoms with E-state index in [2.05, 4.69) is 11.8 Å². The quantitative estimate of drug-likeness (QED) is 0.623. The Bertz CT molecular complexity index is 473. The molecule has 0 aromatic heterocycles. The van der Waals surface area contributed by atoms with Crippen molar-refractivity contribution in [3.63, 3.8) is 0 Å². The van der Waals surface area contributed by atoms with Crippen LogP contribution in [0.1, 0.15) is 24.8 Å². The van der Waals surface area contributed by atoms with Gasteiger partial charge in [0.1, 0.15) is 11.6 Å². The summed E-state index contributed by atoms with van der Waals surface area (Å²) in [5.41, 5.74) is 0.661. The molecule has 1 fully saturated rings. The van der Waals surface area contributed by atoms with Crippen LogP contribution in [0.3, 0.4) is 0 Å². The zero-order chi connectivity index (χ0) is 13.5. The first-order valence-corrected chi connectivity index (χ1v) is 6.92. The highest BCUT2D eigenvalue weighted by Gasteiger charge is 2.15. The highest BCUT2D eigenvalue weighted by atomic mass is 35.5.